The van der Waals surface area contributed by atoms with E-state index in [0.717, 1.165) is 17.9 Å². The van der Waals surface area contributed by atoms with Gasteiger partial charge in [0, 0.05) is 44.0 Å². The van der Waals surface area contributed by atoms with Gasteiger partial charge in [0.2, 0.25) is 5.91 Å². The summed E-state index contributed by atoms with van der Waals surface area (Å²) in [6.07, 6.45) is 4.51. The average Bonchev–Trinajstić information content (AvgIpc) is 3.10. The van der Waals surface area contributed by atoms with Crippen LogP contribution in [0.15, 0.2) is 67.0 Å². The molecule has 138 valence electrons. The fourth-order valence-electron chi connectivity index (χ4n) is 2.79. The zero-order valence-electron chi connectivity index (χ0n) is 14.7. The molecule has 0 spiro atoms. The molecule has 1 aromatic heterocycles. The number of nitro groups is 1. The zero-order chi connectivity index (χ0) is 19.1. The number of carbonyl (C=O) groups is 1. The first kappa shape index (κ1) is 18.3. The lowest BCUT2D eigenvalue weighted by molar-refractivity contribution is -0.384. The normalized spacial score (nSPS) is 10.5. The van der Waals surface area contributed by atoms with Crippen molar-refractivity contribution in [3.05, 3.63) is 94.1 Å². The highest BCUT2D eigenvalue weighted by Crippen LogP contribution is 2.12. The first-order chi connectivity index (χ1) is 13.1. The number of nitrogens with one attached hydrogen (secondary N) is 1. The van der Waals surface area contributed by atoms with Gasteiger partial charge in [-0.15, -0.1) is 0 Å². The van der Waals surface area contributed by atoms with Crippen LogP contribution < -0.4 is 5.32 Å². The number of carbonyl (C=O) groups excluding carboxylic acids is 1. The van der Waals surface area contributed by atoms with Gasteiger partial charge in [-0.25, -0.2) is 4.98 Å². The highest BCUT2D eigenvalue weighted by Gasteiger charge is 2.08. The van der Waals surface area contributed by atoms with Crippen LogP contribution in [0, 0.1) is 10.1 Å². The van der Waals surface area contributed by atoms with Crippen LogP contribution in [0.4, 0.5) is 5.69 Å². The van der Waals surface area contributed by atoms with Crippen molar-refractivity contribution >= 4 is 11.6 Å². The number of benzene rings is 2. The average molecular weight is 364 g/mol. The van der Waals surface area contributed by atoms with Crippen molar-refractivity contribution in [2.24, 2.45) is 0 Å². The minimum absolute atomic E-state index is 0.0180. The largest absolute Gasteiger partial charge is 0.355 e. The van der Waals surface area contributed by atoms with Gasteiger partial charge in [-0.1, -0.05) is 42.5 Å². The second kappa shape index (κ2) is 8.75. The van der Waals surface area contributed by atoms with Crippen LogP contribution in [0.2, 0.25) is 0 Å². The Hall–Kier alpha value is -3.48. The summed E-state index contributed by atoms with van der Waals surface area (Å²) in [5, 5.41) is 13.5. The Bertz CT molecular complexity index is 904. The molecule has 0 saturated heterocycles. The van der Waals surface area contributed by atoms with Crippen LogP contribution in [0.1, 0.15) is 17.0 Å². The van der Waals surface area contributed by atoms with Crippen molar-refractivity contribution < 1.29 is 9.72 Å². The first-order valence-electron chi connectivity index (χ1n) is 8.66. The predicted octanol–water partition coefficient (Wildman–Crippen LogP) is 2.74. The predicted molar refractivity (Wildman–Crippen MR) is 101 cm³/mol. The molecule has 0 aliphatic carbocycles. The van der Waals surface area contributed by atoms with Crippen molar-refractivity contribution in [3.63, 3.8) is 0 Å². The third-order valence-electron chi connectivity index (χ3n) is 4.18. The number of aromatic nitrogens is 2. The molecule has 0 atom stereocenters. The lowest BCUT2D eigenvalue weighted by atomic mass is 10.1. The molecule has 7 nitrogen and oxygen atoms in total. The van der Waals surface area contributed by atoms with E-state index in [9.17, 15) is 14.9 Å². The highest BCUT2D eigenvalue weighted by atomic mass is 16.6. The Morgan fingerprint density at radius 1 is 1.07 bits per heavy atom. The number of imidazole rings is 1. The highest BCUT2D eigenvalue weighted by molar-refractivity contribution is 5.78. The number of nitro benzene ring substituents is 1. The molecule has 0 saturated carbocycles. The van der Waals surface area contributed by atoms with E-state index in [-0.39, 0.29) is 18.0 Å². The van der Waals surface area contributed by atoms with Gasteiger partial charge in [-0.2, -0.15) is 0 Å². The van der Waals surface area contributed by atoms with Gasteiger partial charge in [-0.05, 0) is 11.1 Å². The van der Waals surface area contributed by atoms with E-state index in [4.69, 9.17) is 0 Å². The Morgan fingerprint density at radius 3 is 2.52 bits per heavy atom. The monoisotopic (exact) mass is 364 g/mol. The molecule has 1 N–H and O–H groups in total. The number of amides is 1. The molecule has 0 aliphatic heterocycles. The summed E-state index contributed by atoms with van der Waals surface area (Å²) in [6.45, 7) is 1.23. The Kier molecular flexibility index (Phi) is 5.94. The van der Waals surface area contributed by atoms with Gasteiger partial charge in [0.15, 0.2) is 0 Å². The third kappa shape index (κ3) is 5.24. The molecular formula is C20H20N4O3. The minimum atomic E-state index is -0.457. The topological polar surface area (TPSA) is 90.1 Å². The molecule has 2 aromatic carbocycles. The maximum absolute atomic E-state index is 12.1. The zero-order valence-corrected chi connectivity index (χ0v) is 14.7. The van der Waals surface area contributed by atoms with E-state index < -0.39 is 4.92 Å². The molecule has 3 aromatic rings. The molecule has 0 bridgehead atoms. The summed E-state index contributed by atoms with van der Waals surface area (Å²) in [7, 11) is 0. The lowest BCUT2D eigenvalue weighted by Crippen LogP contribution is -2.28. The Balaban J connectivity index is 1.48. The minimum Gasteiger partial charge on any atom is -0.355 e. The van der Waals surface area contributed by atoms with Crippen molar-refractivity contribution in [1.82, 2.24) is 14.9 Å². The fraction of sp³-hybridized carbons (Fsp3) is 0.200. The maximum Gasteiger partial charge on any atom is 0.269 e. The number of nitrogens with zero attached hydrogens (tertiary/aromatic N) is 3. The summed E-state index contributed by atoms with van der Waals surface area (Å²) in [5.41, 5.74) is 1.95. The quantitative estimate of drug-likeness (QED) is 0.491. The summed E-state index contributed by atoms with van der Waals surface area (Å²) in [4.78, 5) is 26.6. The molecule has 0 fully saturated rings. The van der Waals surface area contributed by atoms with E-state index >= 15 is 0 Å². The van der Waals surface area contributed by atoms with Crippen molar-refractivity contribution in [1.29, 1.82) is 0 Å². The standard InChI is InChI=1S/C20H20N4O3/c25-20(14-16-6-8-18(9-7-16)24(26)27)22-11-10-19-21-12-13-23(19)15-17-4-2-1-3-5-17/h1-9,12-13H,10-11,14-15H2,(H,22,25). The van der Waals surface area contributed by atoms with Crippen LogP contribution in [0.25, 0.3) is 0 Å². The van der Waals surface area contributed by atoms with E-state index in [2.05, 4.69) is 27.0 Å². The van der Waals surface area contributed by atoms with Gasteiger partial charge < -0.3 is 9.88 Å². The maximum atomic E-state index is 12.1. The molecule has 3 rings (SSSR count). The van der Waals surface area contributed by atoms with Crippen LogP contribution in [-0.4, -0.2) is 26.9 Å². The van der Waals surface area contributed by atoms with Gasteiger partial charge in [0.05, 0.1) is 11.3 Å². The number of hydrogen-bond donors (Lipinski definition) is 1. The molecule has 0 unspecified atom stereocenters. The third-order valence-corrected chi connectivity index (χ3v) is 4.18. The van der Waals surface area contributed by atoms with Crippen molar-refractivity contribution in [3.8, 4) is 0 Å². The van der Waals surface area contributed by atoms with Gasteiger partial charge >= 0.3 is 0 Å². The smallest absolute Gasteiger partial charge is 0.269 e. The first-order valence-corrected chi connectivity index (χ1v) is 8.66. The molecule has 1 amide bonds. The molecular weight excluding hydrogens is 344 g/mol. The van der Waals surface area contributed by atoms with E-state index in [1.54, 1.807) is 18.3 Å². The molecule has 0 radical (unpaired) electrons. The Morgan fingerprint density at radius 2 is 1.81 bits per heavy atom. The summed E-state index contributed by atoms with van der Waals surface area (Å²) in [5.74, 6) is 0.791. The summed E-state index contributed by atoms with van der Waals surface area (Å²) < 4.78 is 2.07. The fourth-order valence-corrected chi connectivity index (χ4v) is 2.79. The van der Waals surface area contributed by atoms with Gasteiger partial charge in [-0.3, -0.25) is 14.9 Å². The van der Waals surface area contributed by atoms with Crippen LogP contribution >= 0.6 is 0 Å². The van der Waals surface area contributed by atoms with Crippen LogP contribution in [0.3, 0.4) is 0 Å². The second-order valence-corrected chi connectivity index (χ2v) is 6.16. The van der Waals surface area contributed by atoms with Gasteiger partial charge in [0.1, 0.15) is 5.82 Å². The second-order valence-electron chi connectivity index (χ2n) is 6.16. The summed E-state index contributed by atoms with van der Waals surface area (Å²) >= 11 is 0. The molecule has 27 heavy (non-hydrogen) atoms. The van der Waals surface area contributed by atoms with Gasteiger partial charge in [0.25, 0.3) is 5.69 Å². The van der Waals surface area contributed by atoms with E-state index in [1.165, 1.54) is 17.7 Å². The number of non-ortho nitro benzene ring substituents is 1. The van der Waals surface area contributed by atoms with E-state index in [0.29, 0.717) is 13.0 Å². The van der Waals surface area contributed by atoms with Crippen molar-refractivity contribution in [2.45, 2.75) is 19.4 Å². The lowest BCUT2D eigenvalue weighted by Gasteiger charge is -2.09. The number of hydrogen-bond acceptors (Lipinski definition) is 4. The van der Waals surface area contributed by atoms with Crippen LogP contribution in [0.5, 0.6) is 0 Å². The molecule has 1 heterocycles. The number of rotatable bonds is 8. The Labute approximate surface area is 156 Å². The van der Waals surface area contributed by atoms with Crippen LogP contribution in [-0.2, 0) is 24.2 Å². The molecule has 0 aliphatic rings. The van der Waals surface area contributed by atoms with Crippen molar-refractivity contribution in [2.75, 3.05) is 6.54 Å². The molecule has 7 heteroatoms. The SMILES string of the molecule is O=C(Cc1ccc([N+](=O)[O-])cc1)NCCc1nccn1Cc1ccccc1. The summed E-state index contributed by atoms with van der Waals surface area (Å²) in [6, 6.07) is 16.1. The van der Waals surface area contributed by atoms with E-state index in [1.807, 2.05) is 24.4 Å².